The maximum Gasteiger partial charge on any atom is 0.104 e. The van der Waals surface area contributed by atoms with Crippen molar-refractivity contribution >= 4 is 15.9 Å². The number of aliphatic hydroxyl groups is 1. The van der Waals surface area contributed by atoms with E-state index in [9.17, 15) is 0 Å². The molecule has 0 aliphatic carbocycles. The quantitative estimate of drug-likeness (QED) is 0.724. The maximum absolute atomic E-state index is 8.43. The van der Waals surface area contributed by atoms with Crippen LogP contribution in [0.3, 0.4) is 0 Å². The van der Waals surface area contributed by atoms with Gasteiger partial charge in [0.15, 0.2) is 0 Å². The van der Waals surface area contributed by atoms with E-state index in [1.165, 1.54) is 0 Å². The first-order valence-corrected chi connectivity index (χ1v) is 4.44. The molecular weight excluding hydrogens is 216 g/mol. The summed E-state index contributed by atoms with van der Waals surface area (Å²) in [5, 5.41) is 8.43. The molecule has 1 aromatic rings. The molecule has 0 heterocycles. The highest BCUT2D eigenvalue weighted by Crippen LogP contribution is 2.15. The van der Waals surface area contributed by atoms with Gasteiger partial charge in [0.25, 0.3) is 0 Å². The molecular formula is C10H9BrO. The Morgan fingerprint density at radius 2 is 2.00 bits per heavy atom. The largest absolute Gasteiger partial charge is 0.384 e. The summed E-state index contributed by atoms with van der Waals surface area (Å²) in [6.45, 7) is -0.0650. The minimum Gasteiger partial charge on any atom is -0.384 e. The summed E-state index contributed by atoms with van der Waals surface area (Å²) in [6, 6.07) is 7.93. The molecule has 1 nitrogen and oxygen atoms in total. The minimum atomic E-state index is -0.0650. The van der Waals surface area contributed by atoms with Gasteiger partial charge >= 0.3 is 0 Å². The predicted molar refractivity (Wildman–Crippen MR) is 52.7 cm³/mol. The van der Waals surface area contributed by atoms with Gasteiger partial charge in [0.05, 0.1) is 0 Å². The fraction of sp³-hybridized carbons (Fsp3) is 0.200. The Labute approximate surface area is 80.6 Å². The van der Waals surface area contributed by atoms with Crippen LogP contribution in [0.4, 0.5) is 0 Å². The van der Waals surface area contributed by atoms with E-state index in [4.69, 9.17) is 5.11 Å². The smallest absolute Gasteiger partial charge is 0.104 e. The van der Waals surface area contributed by atoms with Gasteiger partial charge < -0.3 is 5.11 Å². The summed E-state index contributed by atoms with van der Waals surface area (Å²) >= 11 is 3.42. The van der Waals surface area contributed by atoms with Crippen molar-refractivity contribution in [1.29, 1.82) is 0 Å². The van der Waals surface area contributed by atoms with Gasteiger partial charge in [-0.2, -0.15) is 0 Å². The Morgan fingerprint density at radius 3 is 2.67 bits per heavy atom. The summed E-state index contributed by atoms with van der Waals surface area (Å²) in [7, 11) is 0. The Bertz CT molecular complexity index is 309. The van der Waals surface area contributed by atoms with E-state index in [-0.39, 0.29) is 6.61 Å². The summed E-state index contributed by atoms with van der Waals surface area (Å²) < 4.78 is 1.07. The van der Waals surface area contributed by atoms with E-state index in [0.717, 1.165) is 10.0 Å². The number of hydrogen-bond acceptors (Lipinski definition) is 1. The number of aliphatic hydroxyl groups excluding tert-OH is 1. The molecule has 1 N–H and O–H groups in total. The van der Waals surface area contributed by atoms with Gasteiger partial charge in [-0.15, -0.1) is 0 Å². The van der Waals surface area contributed by atoms with Crippen molar-refractivity contribution in [3.8, 4) is 11.8 Å². The molecule has 0 saturated carbocycles. The molecule has 0 amide bonds. The molecule has 1 aromatic carbocycles. The van der Waals surface area contributed by atoms with Gasteiger partial charge in [-0.25, -0.2) is 0 Å². The molecule has 0 unspecified atom stereocenters. The van der Waals surface area contributed by atoms with E-state index in [1.54, 1.807) is 0 Å². The Balaban J connectivity index is 2.69. The highest BCUT2D eigenvalue weighted by molar-refractivity contribution is 9.10. The average molecular weight is 225 g/mol. The Morgan fingerprint density at radius 1 is 1.25 bits per heavy atom. The Kier molecular flexibility index (Phi) is 3.86. The lowest BCUT2D eigenvalue weighted by molar-refractivity contribution is 0.350. The second-order valence-corrected chi connectivity index (χ2v) is 3.13. The molecule has 2 heteroatoms. The van der Waals surface area contributed by atoms with Crippen molar-refractivity contribution in [1.82, 2.24) is 0 Å². The molecule has 0 fully saturated rings. The number of hydrogen-bond donors (Lipinski definition) is 1. The number of benzene rings is 1. The van der Waals surface area contributed by atoms with Gasteiger partial charge in [-0.05, 0) is 11.6 Å². The lowest BCUT2D eigenvalue weighted by Crippen LogP contribution is -1.83. The molecule has 62 valence electrons. The third kappa shape index (κ3) is 2.69. The van der Waals surface area contributed by atoms with Gasteiger partial charge in [0.2, 0.25) is 0 Å². The Hall–Kier alpha value is -0.780. The van der Waals surface area contributed by atoms with Crippen LogP contribution in [0.1, 0.15) is 5.56 Å². The lowest BCUT2D eigenvalue weighted by Gasteiger charge is -1.96. The minimum absolute atomic E-state index is 0.0650. The molecule has 1 rings (SSSR count). The molecule has 12 heavy (non-hydrogen) atoms. The fourth-order valence-electron chi connectivity index (χ4n) is 0.855. The SMILES string of the molecule is OCC#CCc1ccccc1Br. The van der Waals surface area contributed by atoms with Crippen LogP contribution in [0.15, 0.2) is 28.7 Å². The van der Waals surface area contributed by atoms with Crippen molar-refractivity contribution in [2.24, 2.45) is 0 Å². The topological polar surface area (TPSA) is 20.2 Å². The summed E-state index contributed by atoms with van der Waals surface area (Å²) in [5.74, 6) is 5.47. The van der Waals surface area contributed by atoms with Crippen LogP contribution in [0, 0.1) is 11.8 Å². The standard InChI is InChI=1S/C10H9BrO/c11-10-7-2-1-5-9(10)6-3-4-8-12/h1-2,5,7,12H,6,8H2. The van der Waals surface area contributed by atoms with Crippen LogP contribution in [0.2, 0.25) is 0 Å². The number of halogens is 1. The lowest BCUT2D eigenvalue weighted by atomic mass is 10.2. The van der Waals surface area contributed by atoms with Gasteiger partial charge in [-0.3, -0.25) is 0 Å². The van der Waals surface area contributed by atoms with Crippen molar-refractivity contribution in [2.75, 3.05) is 6.61 Å². The first-order valence-electron chi connectivity index (χ1n) is 3.64. The zero-order chi connectivity index (χ0) is 8.81. The van der Waals surface area contributed by atoms with Crippen LogP contribution in [0.25, 0.3) is 0 Å². The highest BCUT2D eigenvalue weighted by atomic mass is 79.9. The second kappa shape index (κ2) is 4.97. The van der Waals surface area contributed by atoms with Crippen LogP contribution < -0.4 is 0 Å². The zero-order valence-electron chi connectivity index (χ0n) is 6.55. The maximum atomic E-state index is 8.43. The van der Waals surface area contributed by atoms with Crippen molar-refractivity contribution in [3.05, 3.63) is 34.3 Å². The first kappa shape index (κ1) is 9.31. The van der Waals surface area contributed by atoms with Gasteiger partial charge in [0.1, 0.15) is 6.61 Å². The fourth-order valence-corrected chi connectivity index (χ4v) is 1.28. The molecule has 0 bridgehead atoms. The number of rotatable bonds is 1. The monoisotopic (exact) mass is 224 g/mol. The molecule has 0 aromatic heterocycles. The second-order valence-electron chi connectivity index (χ2n) is 2.28. The van der Waals surface area contributed by atoms with Gasteiger partial charge in [-0.1, -0.05) is 46.0 Å². The molecule has 0 spiro atoms. The zero-order valence-corrected chi connectivity index (χ0v) is 8.13. The van der Waals surface area contributed by atoms with Crippen LogP contribution in [-0.2, 0) is 6.42 Å². The first-order chi connectivity index (χ1) is 5.84. The summed E-state index contributed by atoms with van der Waals surface area (Å²) in [6.07, 6.45) is 0.683. The summed E-state index contributed by atoms with van der Waals surface area (Å²) in [4.78, 5) is 0. The summed E-state index contributed by atoms with van der Waals surface area (Å²) in [5.41, 5.74) is 1.15. The van der Waals surface area contributed by atoms with Crippen molar-refractivity contribution in [2.45, 2.75) is 6.42 Å². The molecule has 0 atom stereocenters. The van der Waals surface area contributed by atoms with E-state index >= 15 is 0 Å². The third-order valence-corrected chi connectivity index (χ3v) is 2.21. The van der Waals surface area contributed by atoms with E-state index in [0.29, 0.717) is 6.42 Å². The van der Waals surface area contributed by atoms with Crippen LogP contribution in [0.5, 0.6) is 0 Å². The average Bonchev–Trinajstić information content (AvgIpc) is 2.09. The van der Waals surface area contributed by atoms with Crippen molar-refractivity contribution < 1.29 is 5.11 Å². The van der Waals surface area contributed by atoms with Gasteiger partial charge in [0, 0.05) is 10.9 Å². The molecule has 0 saturated heterocycles. The van der Waals surface area contributed by atoms with Crippen molar-refractivity contribution in [3.63, 3.8) is 0 Å². The highest BCUT2D eigenvalue weighted by Gasteiger charge is 1.93. The van der Waals surface area contributed by atoms with E-state index in [2.05, 4.69) is 27.8 Å². The third-order valence-electron chi connectivity index (χ3n) is 1.44. The molecule has 0 aliphatic rings. The van der Waals surface area contributed by atoms with E-state index in [1.807, 2.05) is 24.3 Å². The molecule has 0 aliphatic heterocycles. The van der Waals surface area contributed by atoms with Crippen LogP contribution >= 0.6 is 15.9 Å². The molecule has 0 radical (unpaired) electrons. The normalized spacial score (nSPS) is 8.83. The van der Waals surface area contributed by atoms with Crippen LogP contribution in [-0.4, -0.2) is 11.7 Å². The predicted octanol–water partition coefficient (Wildman–Crippen LogP) is 1.99. The van der Waals surface area contributed by atoms with E-state index < -0.39 is 0 Å².